The van der Waals surface area contributed by atoms with Gasteiger partial charge in [-0.25, -0.2) is 9.97 Å². The van der Waals surface area contributed by atoms with Crippen LogP contribution in [0.1, 0.15) is 56.6 Å². The largest absolute Gasteiger partial charge is 0.466 e. The van der Waals surface area contributed by atoms with Crippen molar-refractivity contribution in [2.45, 2.75) is 59.4 Å². The Kier molecular flexibility index (Phi) is 8.39. The summed E-state index contributed by atoms with van der Waals surface area (Å²) < 4.78 is 8.08. The van der Waals surface area contributed by atoms with Crippen molar-refractivity contribution in [2.24, 2.45) is 0 Å². The second-order valence-electron chi connectivity index (χ2n) is 7.66. The molecule has 3 aromatic rings. The van der Waals surface area contributed by atoms with Gasteiger partial charge in [0.1, 0.15) is 11.3 Å². The highest BCUT2D eigenvalue weighted by molar-refractivity contribution is 9.10. The molecule has 0 saturated heterocycles. The minimum atomic E-state index is -0.375. The first-order valence-electron chi connectivity index (χ1n) is 11.0. The third-order valence-electron chi connectivity index (χ3n) is 5.13. The molecule has 0 radical (unpaired) electrons. The van der Waals surface area contributed by atoms with E-state index in [9.17, 15) is 9.59 Å². The van der Waals surface area contributed by atoms with E-state index in [1.165, 1.54) is 5.56 Å². The number of fused-ring (bicyclic) bond motifs is 1. The van der Waals surface area contributed by atoms with E-state index in [0.717, 1.165) is 40.7 Å². The lowest BCUT2D eigenvalue weighted by Gasteiger charge is -2.11. The number of benzene rings is 1. The number of halogens is 1. The van der Waals surface area contributed by atoms with Crippen molar-refractivity contribution in [2.75, 3.05) is 11.9 Å². The van der Waals surface area contributed by atoms with Crippen LogP contribution in [0, 0.1) is 6.92 Å². The van der Waals surface area contributed by atoms with E-state index in [4.69, 9.17) is 14.7 Å². The molecule has 0 aliphatic carbocycles. The Morgan fingerprint density at radius 2 is 1.88 bits per heavy atom. The van der Waals surface area contributed by atoms with E-state index in [2.05, 4.69) is 44.9 Å². The topological polar surface area (TPSA) is 86.1 Å². The first-order chi connectivity index (χ1) is 15.4. The van der Waals surface area contributed by atoms with Gasteiger partial charge < -0.3 is 14.6 Å². The zero-order valence-electron chi connectivity index (χ0n) is 18.8. The van der Waals surface area contributed by atoms with Crippen LogP contribution in [-0.2, 0) is 27.3 Å². The maximum Gasteiger partial charge on any atom is 0.306 e. The van der Waals surface area contributed by atoms with Crippen LogP contribution in [0.2, 0.25) is 0 Å². The summed E-state index contributed by atoms with van der Waals surface area (Å²) in [4.78, 5) is 33.4. The van der Waals surface area contributed by atoms with Crippen molar-refractivity contribution in [1.82, 2.24) is 14.5 Å². The zero-order valence-corrected chi connectivity index (χ0v) is 20.4. The smallest absolute Gasteiger partial charge is 0.306 e. The highest BCUT2D eigenvalue weighted by Crippen LogP contribution is 2.24. The van der Waals surface area contributed by atoms with Crippen molar-refractivity contribution in [3.63, 3.8) is 0 Å². The molecule has 2 heterocycles. The molecule has 0 unspecified atom stereocenters. The molecule has 3 rings (SSSR count). The van der Waals surface area contributed by atoms with Crippen LogP contribution in [0.4, 0.5) is 5.69 Å². The minimum absolute atomic E-state index is 0.0530. The molecular formula is C24H29BrN4O3. The lowest BCUT2D eigenvalue weighted by molar-refractivity contribution is -0.144. The number of carbonyl (C=O) groups is 2. The van der Waals surface area contributed by atoms with Gasteiger partial charge in [-0.1, -0.05) is 41.4 Å². The Hall–Kier alpha value is -2.74. The van der Waals surface area contributed by atoms with Gasteiger partial charge in [-0.05, 0) is 44.0 Å². The molecule has 0 saturated carbocycles. The SMILES string of the molecule is CCCCc1nc2cc(NC(=O)CCC(=O)OCC)c(C)nc2n1Cc1ccc(Br)cc1. The number of unbranched alkanes of at least 4 members (excludes halogenated alkanes) is 1. The van der Waals surface area contributed by atoms with Crippen LogP contribution >= 0.6 is 15.9 Å². The fraction of sp³-hybridized carbons (Fsp3) is 0.417. The van der Waals surface area contributed by atoms with E-state index in [1.807, 2.05) is 25.1 Å². The fourth-order valence-electron chi connectivity index (χ4n) is 3.44. The lowest BCUT2D eigenvalue weighted by Crippen LogP contribution is -2.15. The summed E-state index contributed by atoms with van der Waals surface area (Å²) in [5, 5.41) is 2.86. The first kappa shape index (κ1) is 23.9. The molecule has 1 aromatic carbocycles. The number of ether oxygens (including phenoxy) is 1. The summed E-state index contributed by atoms with van der Waals surface area (Å²) in [6, 6.07) is 10.1. The van der Waals surface area contributed by atoms with Crippen LogP contribution in [0.3, 0.4) is 0 Å². The molecule has 1 N–H and O–H groups in total. The summed E-state index contributed by atoms with van der Waals surface area (Å²) >= 11 is 3.48. The van der Waals surface area contributed by atoms with E-state index in [0.29, 0.717) is 24.5 Å². The highest BCUT2D eigenvalue weighted by Gasteiger charge is 2.16. The van der Waals surface area contributed by atoms with Crippen molar-refractivity contribution < 1.29 is 14.3 Å². The summed E-state index contributed by atoms with van der Waals surface area (Å²) in [6.45, 7) is 6.76. The average molecular weight is 501 g/mol. The van der Waals surface area contributed by atoms with Crippen molar-refractivity contribution in [3.8, 4) is 0 Å². The number of imidazole rings is 1. The molecule has 8 heteroatoms. The molecule has 1 amide bonds. The number of pyridine rings is 1. The summed E-state index contributed by atoms with van der Waals surface area (Å²) in [6.07, 6.45) is 3.10. The molecule has 0 aliphatic heterocycles. The van der Waals surface area contributed by atoms with Gasteiger partial charge in [0, 0.05) is 17.3 Å². The van der Waals surface area contributed by atoms with Crippen LogP contribution in [0.25, 0.3) is 11.2 Å². The van der Waals surface area contributed by atoms with E-state index in [-0.39, 0.29) is 24.7 Å². The monoisotopic (exact) mass is 500 g/mol. The Bertz CT molecular complexity index is 1090. The van der Waals surface area contributed by atoms with Crippen molar-refractivity contribution in [3.05, 3.63) is 51.9 Å². The summed E-state index contributed by atoms with van der Waals surface area (Å²) in [5.74, 6) is 0.366. The average Bonchev–Trinajstić information content (AvgIpc) is 3.09. The van der Waals surface area contributed by atoms with E-state index in [1.54, 1.807) is 6.92 Å². The summed E-state index contributed by atoms with van der Waals surface area (Å²) in [7, 11) is 0. The first-order valence-corrected chi connectivity index (χ1v) is 11.8. The molecule has 7 nitrogen and oxygen atoms in total. The molecule has 0 spiro atoms. The van der Waals surface area contributed by atoms with Gasteiger partial charge in [0.15, 0.2) is 5.65 Å². The predicted molar refractivity (Wildman–Crippen MR) is 129 cm³/mol. The quantitative estimate of drug-likeness (QED) is 0.387. The number of hydrogen-bond donors (Lipinski definition) is 1. The lowest BCUT2D eigenvalue weighted by atomic mass is 10.2. The number of rotatable bonds is 10. The maximum absolute atomic E-state index is 12.3. The van der Waals surface area contributed by atoms with Crippen molar-refractivity contribution in [1.29, 1.82) is 0 Å². The number of anilines is 1. The Balaban J connectivity index is 1.86. The fourth-order valence-corrected chi connectivity index (χ4v) is 3.70. The van der Waals surface area contributed by atoms with Crippen LogP contribution in [0.5, 0.6) is 0 Å². The number of aryl methyl sites for hydroxylation is 2. The number of carbonyl (C=O) groups excluding carboxylic acids is 2. The van der Waals surface area contributed by atoms with Gasteiger partial charge in [-0.15, -0.1) is 0 Å². The van der Waals surface area contributed by atoms with Crippen LogP contribution in [-0.4, -0.2) is 33.0 Å². The number of nitrogens with zero attached hydrogens (tertiary/aromatic N) is 3. The predicted octanol–water partition coefficient (Wildman–Crippen LogP) is 5.17. The molecule has 0 bridgehead atoms. The Morgan fingerprint density at radius 3 is 2.56 bits per heavy atom. The second-order valence-corrected chi connectivity index (χ2v) is 8.58. The molecule has 0 fully saturated rings. The van der Waals surface area contributed by atoms with Gasteiger partial charge in [0.25, 0.3) is 0 Å². The van der Waals surface area contributed by atoms with Crippen LogP contribution in [0.15, 0.2) is 34.8 Å². The summed E-state index contributed by atoms with van der Waals surface area (Å²) in [5.41, 5.74) is 4.05. The maximum atomic E-state index is 12.3. The van der Waals surface area contributed by atoms with Crippen LogP contribution < -0.4 is 5.32 Å². The van der Waals surface area contributed by atoms with E-state index >= 15 is 0 Å². The Labute approximate surface area is 196 Å². The molecule has 0 atom stereocenters. The molecule has 32 heavy (non-hydrogen) atoms. The van der Waals surface area contributed by atoms with Crippen molar-refractivity contribution >= 4 is 44.7 Å². The van der Waals surface area contributed by atoms with Gasteiger partial charge in [0.2, 0.25) is 5.91 Å². The molecule has 0 aliphatic rings. The van der Waals surface area contributed by atoms with E-state index < -0.39 is 0 Å². The third-order valence-corrected chi connectivity index (χ3v) is 5.66. The molecular weight excluding hydrogens is 472 g/mol. The molecule has 2 aromatic heterocycles. The number of aromatic nitrogens is 3. The van der Waals surface area contributed by atoms with Gasteiger partial charge in [-0.2, -0.15) is 0 Å². The number of hydrogen-bond acceptors (Lipinski definition) is 5. The van der Waals surface area contributed by atoms with Gasteiger partial charge in [-0.3, -0.25) is 9.59 Å². The number of nitrogens with one attached hydrogen (secondary N) is 1. The minimum Gasteiger partial charge on any atom is -0.466 e. The molecule has 170 valence electrons. The highest BCUT2D eigenvalue weighted by atomic mass is 79.9. The zero-order chi connectivity index (χ0) is 23.1. The van der Waals surface area contributed by atoms with Gasteiger partial charge >= 0.3 is 5.97 Å². The number of esters is 1. The Morgan fingerprint density at radius 1 is 1.12 bits per heavy atom. The van der Waals surface area contributed by atoms with Gasteiger partial charge in [0.05, 0.1) is 31.0 Å². The number of amides is 1. The second kappa shape index (κ2) is 11.2. The third kappa shape index (κ3) is 6.16. The normalized spacial score (nSPS) is 11.0. The standard InChI is InChI=1S/C24H29BrN4O3/c1-4-6-7-21-27-20-14-19(28-22(30)12-13-23(31)32-5-2)16(3)26-24(20)29(21)15-17-8-10-18(25)11-9-17/h8-11,14H,4-7,12-13,15H2,1-3H3,(H,28,30).